The topological polar surface area (TPSA) is 30.5 Å². The lowest BCUT2D eigenvalue weighted by Gasteiger charge is -2.01. The van der Waals surface area contributed by atoms with E-state index in [0.29, 0.717) is 6.61 Å². The quantitative estimate of drug-likeness (QED) is 0.497. The lowest BCUT2D eigenvalue weighted by atomic mass is 10.5. The van der Waals surface area contributed by atoms with Crippen molar-refractivity contribution in [3.05, 3.63) is 24.5 Å². The third-order valence-corrected chi connectivity index (χ3v) is 0.680. The summed E-state index contributed by atoms with van der Waals surface area (Å²) in [5.74, 6) is 0. The minimum Gasteiger partial charge on any atom is -0.391 e. The SMILES string of the molecule is C1=CCONOC=C1. The fraction of sp³-hybridized carbons (Fsp3) is 0.200. The maximum Gasteiger partial charge on any atom is 0.114 e. The van der Waals surface area contributed by atoms with Crippen molar-refractivity contribution in [1.29, 1.82) is 0 Å². The Kier molecular flexibility index (Phi) is 2.16. The number of allylic oxidation sites excluding steroid dienone is 2. The Morgan fingerprint density at radius 1 is 1.38 bits per heavy atom. The standard InChI is InChI=1S/C5H7NO2/c1-2-4-7-6-8-5-3-1/h1-4,6H,5H2. The van der Waals surface area contributed by atoms with Crippen LogP contribution in [-0.2, 0) is 9.68 Å². The first-order valence-corrected chi connectivity index (χ1v) is 2.34. The molecule has 3 nitrogen and oxygen atoms in total. The minimum atomic E-state index is 0.532. The fourth-order valence-corrected chi connectivity index (χ4v) is 0.363. The summed E-state index contributed by atoms with van der Waals surface area (Å²) in [4.78, 5) is 9.23. The molecule has 1 aliphatic heterocycles. The first-order chi connectivity index (χ1) is 4.00. The van der Waals surface area contributed by atoms with Crippen LogP contribution < -0.4 is 5.64 Å². The summed E-state index contributed by atoms with van der Waals surface area (Å²) in [5, 5.41) is 0. The summed E-state index contributed by atoms with van der Waals surface area (Å²) >= 11 is 0. The summed E-state index contributed by atoms with van der Waals surface area (Å²) in [6, 6.07) is 0. The maximum absolute atomic E-state index is 4.66. The van der Waals surface area contributed by atoms with Crippen LogP contribution in [0.4, 0.5) is 0 Å². The van der Waals surface area contributed by atoms with Gasteiger partial charge in [-0.25, -0.2) is 0 Å². The molecule has 3 heteroatoms. The average Bonchev–Trinajstić information content (AvgIpc) is 1.62. The molecule has 0 saturated heterocycles. The van der Waals surface area contributed by atoms with Crippen LogP contribution >= 0.6 is 0 Å². The van der Waals surface area contributed by atoms with Crippen LogP contribution in [0.3, 0.4) is 0 Å². The molecule has 0 saturated carbocycles. The van der Waals surface area contributed by atoms with Gasteiger partial charge in [0.2, 0.25) is 0 Å². The first-order valence-electron chi connectivity index (χ1n) is 2.34. The molecule has 0 bridgehead atoms. The predicted octanol–water partition coefficient (Wildman–Crippen LogP) is 0.523. The smallest absolute Gasteiger partial charge is 0.114 e. The van der Waals surface area contributed by atoms with E-state index in [4.69, 9.17) is 0 Å². The van der Waals surface area contributed by atoms with Gasteiger partial charge in [0.15, 0.2) is 0 Å². The lowest BCUT2D eigenvalue weighted by molar-refractivity contribution is -0.125. The molecule has 0 aromatic heterocycles. The number of rotatable bonds is 0. The second-order valence-electron chi connectivity index (χ2n) is 1.27. The normalized spacial score (nSPS) is 19.0. The van der Waals surface area contributed by atoms with Gasteiger partial charge < -0.3 is 4.84 Å². The zero-order valence-electron chi connectivity index (χ0n) is 4.33. The van der Waals surface area contributed by atoms with E-state index in [2.05, 4.69) is 15.3 Å². The minimum absolute atomic E-state index is 0.532. The van der Waals surface area contributed by atoms with Crippen LogP contribution in [0.25, 0.3) is 0 Å². The summed E-state index contributed by atoms with van der Waals surface area (Å²) < 4.78 is 0. The van der Waals surface area contributed by atoms with E-state index in [1.54, 1.807) is 6.08 Å². The number of nitrogens with one attached hydrogen (secondary N) is 1. The van der Waals surface area contributed by atoms with Crippen molar-refractivity contribution in [1.82, 2.24) is 5.64 Å². The second-order valence-corrected chi connectivity index (χ2v) is 1.27. The number of hydrogen-bond acceptors (Lipinski definition) is 3. The largest absolute Gasteiger partial charge is 0.391 e. The van der Waals surface area contributed by atoms with E-state index in [9.17, 15) is 0 Å². The van der Waals surface area contributed by atoms with Crippen molar-refractivity contribution < 1.29 is 9.68 Å². The Bertz CT molecular complexity index is 95.0. The van der Waals surface area contributed by atoms with Gasteiger partial charge in [0.1, 0.15) is 6.26 Å². The molecule has 8 heavy (non-hydrogen) atoms. The Hall–Kier alpha value is -0.800. The third-order valence-electron chi connectivity index (χ3n) is 0.680. The third kappa shape index (κ3) is 1.77. The molecule has 1 rings (SSSR count). The van der Waals surface area contributed by atoms with Gasteiger partial charge in [-0.3, -0.25) is 4.84 Å². The molecule has 0 atom stereocenters. The van der Waals surface area contributed by atoms with Crippen molar-refractivity contribution in [2.75, 3.05) is 6.61 Å². The van der Waals surface area contributed by atoms with Crippen molar-refractivity contribution in [3.63, 3.8) is 0 Å². The van der Waals surface area contributed by atoms with Gasteiger partial charge in [-0.1, -0.05) is 12.2 Å². The summed E-state index contributed by atoms with van der Waals surface area (Å²) in [6.45, 7) is 0.532. The highest BCUT2D eigenvalue weighted by atomic mass is 16.9. The highest BCUT2D eigenvalue weighted by Crippen LogP contribution is 1.82. The van der Waals surface area contributed by atoms with Crippen molar-refractivity contribution in [2.45, 2.75) is 0 Å². The molecule has 0 aromatic carbocycles. The Morgan fingerprint density at radius 2 is 2.38 bits per heavy atom. The van der Waals surface area contributed by atoms with E-state index in [1.165, 1.54) is 6.26 Å². The maximum atomic E-state index is 4.66. The highest BCUT2D eigenvalue weighted by molar-refractivity contribution is 4.99. The fourth-order valence-electron chi connectivity index (χ4n) is 0.363. The molecule has 0 fully saturated rings. The van der Waals surface area contributed by atoms with Crippen LogP contribution in [0.2, 0.25) is 0 Å². The van der Waals surface area contributed by atoms with Crippen LogP contribution in [0.5, 0.6) is 0 Å². The zero-order valence-corrected chi connectivity index (χ0v) is 4.33. The molecular formula is C5H7NO2. The molecule has 0 aromatic rings. The van der Waals surface area contributed by atoms with Crippen molar-refractivity contribution in [3.8, 4) is 0 Å². The molecule has 0 unspecified atom stereocenters. The van der Waals surface area contributed by atoms with E-state index in [-0.39, 0.29) is 0 Å². The van der Waals surface area contributed by atoms with E-state index in [1.807, 2.05) is 12.2 Å². The van der Waals surface area contributed by atoms with E-state index in [0.717, 1.165) is 0 Å². The molecule has 1 aliphatic rings. The zero-order chi connectivity index (χ0) is 5.66. The van der Waals surface area contributed by atoms with Crippen LogP contribution in [0, 0.1) is 0 Å². The van der Waals surface area contributed by atoms with Gasteiger partial charge >= 0.3 is 0 Å². The van der Waals surface area contributed by atoms with Crippen LogP contribution in [0.1, 0.15) is 0 Å². The van der Waals surface area contributed by atoms with Gasteiger partial charge in [-0.05, 0) is 11.7 Å². The van der Waals surface area contributed by atoms with Gasteiger partial charge in [0, 0.05) is 0 Å². The van der Waals surface area contributed by atoms with Gasteiger partial charge in [-0.2, -0.15) is 0 Å². The molecular weight excluding hydrogens is 106 g/mol. The Morgan fingerprint density at radius 3 is 3.38 bits per heavy atom. The van der Waals surface area contributed by atoms with Gasteiger partial charge in [-0.15, -0.1) is 0 Å². The molecule has 0 radical (unpaired) electrons. The Balaban J connectivity index is 2.33. The molecule has 1 heterocycles. The summed E-state index contributed by atoms with van der Waals surface area (Å²) in [6.07, 6.45) is 6.98. The first kappa shape index (κ1) is 5.34. The Labute approximate surface area is 47.5 Å². The predicted molar refractivity (Wildman–Crippen MR) is 28.5 cm³/mol. The number of hydrogen-bond donors (Lipinski definition) is 1. The lowest BCUT2D eigenvalue weighted by Crippen LogP contribution is -2.12. The molecule has 44 valence electrons. The average molecular weight is 113 g/mol. The highest BCUT2D eigenvalue weighted by Gasteiger charge is 1.80. The van der Waals surface area contributed by atoms with Crippen LogP contribution in [0.15, 0.2) is 24.5 Å². The van der Waals surface area contributed by atoms with Gasteiger partial charge in [0.05, 0.1) is 6.61 Å². The van der Waals surface area contributed by atoms with E-state index < -0.39 is 0 Å². The second kappa shape index (κ2) is 3.23. The van der Waals surface area contributed by atoms with Crippen molar-refractivity contribution >= 4 is 0 Å². The molecule has 0 spiro atoms. The summed E-state index contributed by atoms with van der Waals surface area (Å²) in [5.41, 5.74) is 2.25. The van der Waals surface area contributed by atoms with E-state index >= 15 is 0 Å². The monoisotopic (exact) mass is 113 g/mol. The molecule has 0 amide bonds. The van der Waals surface area contributed by atoms with Crippen molar-refractivity contribution in [2.24, 2.45) is 0 Å². The molecule has 0 aliphatic carbocycles. The van der Waals surface area contributed by atoms with Gasteiger partial charge in [0.25, 0.3) is 0 Å². The van der Waals surface area contributed by atoms with Crippen LogP contribution in [-0.4, -0.2) is 6.61 Å². The molecule has 1 N–H and O–H groups in total. The summed E-state index contributed by atoms with van der Waals surface area (Å²) in [7, 11) is 0.